The normalized spacial score (nSPS) is 12.2. The number of carbonyl (C=O) groups excluding carboxylic acids is 1. The lowest BCUT2D eigenvalue weighted by molar-refractivity contribution is -0.147. The number of ether oxygens (including phenoxy) is 3. The third kappa shape index (κ3) is 4.78. The number of hydrogen-bond donors (Lipinski definition) is 0. The number of nitrogens with zero attached hydrogens (tertiary/aromatic N) is 3. The molecule has 5 rings (SSSR count). The number of fused-ring (bicyclic) bond motifs is 2. The Kier molecular flexibility index (Phi) is 6.97. The molecule has 0 aliphatic carbocycles. The summed E-state index contributed by atoms with van der Waals surface area (Å²) in [5.74, 6) is 0.671. The molecular weight excluding hydrogens is 554 g/mol. The summed E-state index contributed by atoms with van der Waals surface area (Å²) in [7, 11) is 2.76. The molecule has 1 atom stereocenters. The fourth-order valence-corrected chi connectivity index (χ4v) is 4.41. The third-order valence-corrected chi connectivity index (χ3v) is 6.27. The molecule has 0 fully saturated rings. The maximum Gasteiger partial charge on any atom is 0.346 e. The molecule has 3 aromatic carbocycles. The van der Waals surface area contributed by atoms with Crippen LogP contribution >= 0.6 is 15.9 Å². The van der Waals surface area contributed by atoms with Gasteiger partial charge in [0.1, 0.15) is 5.58 Å². The lowest BCUT2D eigenvalue weighted by Crippen LogP contribution is -2.25. The van der Waals surface area contributed by atoms with Gasteiger partial charge in [0, 0.05) is 15.4 Å². The van der Waals surface area contributed by atoms with E-state index >= 15 is 0 Å². The van der Waals surface area contributed by atoms with E-state index in [0.717, 1.165) is 5.39 Å². The zero-order valence-electron chi connectivity index (χ0n) is 20.7. The Morgan fingerprint density at radius 1 is 1.11 bits per heavy atom. The minimum Gasteiger partial charge on any atom is -0.493 e. The van der Waals surface area contributed by atoms with Crippen molar-refractivity contribution in [3.05, 3.63) is 87.1 Å². The van der Waals surface area contributed by atoms with Crippen molar-refractivity contribution in [1.82, 2.24) is 9.66 Å². The molecule has 0 aliphatic rings. The summed E-state index contributed by atoms with van der Waals surface area (Å²) in [6.07, 6.45) is 0.523. The number of hydrogen-bond acceptors (Lipinski definition) is 8. The van der Waals surface area contributed by atoms with Gasteiger partial charge in [-0.25, -0.2) is 9.78 Å². The predicted molar refractivity (Wildman–Crippen MR) is 147 cm³/mol. The Hall–Kier alpha value is -4.44. The van der Waals surface area contributed by atoms with E-state index < -0.39 is 12.1 Å². The van der Waals surface area contributed by atoms with Crippen LogP contribution in [0.3, 0.4) is 0 Å². The van der Waals surface area contributed by atoms with Crippen molar-refractivity contribution in [2.75, 3.05) is 14.2 Å². The number of esters is 1. The van der Waals surface area contributed by atoms with Crippen LogP contribution in [-0.4, -0.2) is 42.2 Å². The minimum absolute atomic E-state index is 0.230. The van der Waals surface area contributed by atoms with Crippen molar-refractivity contribution in [3.63, 3.8) is 0 Å². The van der Waals surface area contributed by atoms with Crippen molar-refractivity contribution in [1.29, 1.82) is 0 Å². The molecular formula is C28H22BrN3O6. The highest BCUT2D eigenvalue weighted by molar-refractivity contribution is 9.10. The summed E-state index contributed by atoms with van der Waals surface area (Å²) in [4.78, 5) is 30.3. The second-order valence-corrected chi connectivity index (χ2v) is 9.19. The minimum atomic E-state index is -0.918. The van der Waals surface area contributed by atoms with Crippen LogP contribution in [0.4, 0.5) is 0 Å². The van der Waals surface area contributed by atoms with E-state index in [0.29, 0.717) is 38.0 Å². The molecule has 0 saturated heterocycles. The average molecular weight is 576 g/mol. The van der Waals surface area contributed by atoms with E-state index in [9.17, 15) is 9.59 Å². The van der Waals surface area contributed by atoms with Crippen LogP contribution in [0, 0.1) is 0 Å². The summed E-state index contributed by atoms with van der Waals surface area (Å²) in [5, 5.41) is 5.77. The molecule has 2 aromatic heterocycles. The van der Waals surface area contributed by atoms with Gasteiger partial charge in [0.05, 0.1) is 31.3 Å². The average Bonchev–Trinajstić information content (AvgIpc) is 3.37. The first kappa shape index (κ1) is 25.2. The maximum atomic E-state index is 13.6. The summed E-state index contributed by atoms with van der Waals surface area (Å²) in [5.41, 5.74) is 1.24. The Balaban J connectivity index is 1.69. The van der Waals surface area contributed by atoms with Gasteiger partial charge in [0.15, 0.2) is 23.4 Å². The fourth-order valence-electron chi connectivity index (χ4n) is 3.96. The molecule has 0 N–H and O–H groups in total. The van der Waals surface area contributed by atoms with Gasteiger partial charge in [-0.2, -0.15) is 9.78 Å². The molecule has 38 heavy (non-hydrogen) atoms. The SMILES string of the molecule is COC(=O)[C@H](C)Oc1c(C=Nn2c(-c3cc4ccccc4o3)nc3ccccc3c2=O)cc(Br)cc1OC. The number of methoxy groups -OCH3 is 2. The summed E-state index contributed by atoms with van der Waals surface area (Å²) in [6.45, 7) is 1.56. The van der Waals surface area contributed by atoms with Crippen LogP contribution < -0.4 is 15.0 Å². The van der Waals surface area contributed by atoms with E-state index in [1.807, 2.05) is 36.4 Å². The van der Waals surface area contributed by atoms with Gasteiger partial charge in [0.2, 0.25) is 5.82 Å². The number of benzene rings is 3. The molecule has 192 valence electrons. The third-order valence-electron chi connectivity index (χ3n) is 5.81. The molecule has 0 aliphatic heterocycles. The molecule has 0 spiro atoms. The number of rotatable bonds is 7. The first-order valence-electron chi connectivity index (χ1n) is 11.6. The van der Waals surface area contributed by atoms with Crippen LogP contribution in [-0.2, 0) is 9.53 Å². The molecule has 9 nitrogen and oxygen atoms in total. The quantitative estimate of drug-likeness (QED) is 0.189. The smallest absolute Gasteiger partial charge is 0.346 e. The number of aromatic nitrogens is 2. The van der Waals surface area contributed by atoms with Crippen LogP contribution in [0.1, 0.15) is 12.5 Å². The van der Waals surface area contributed by atoms with E-state index in [1.165, 1.54) is 25.1 Å². The summed E-state index contributed by atoms with van der Waals surface area (Å²) >= 11 is 3.46. The zero-order valence-corrected chi connectivity index (χ0v) is 22.3. The Morgan fingerprint density at radius 3 is 2.63 bits per heavy atom. The Bertz CT molecular complexity index is 1720. The Morgan fingerprint density at radius 2 is 1.87 bits per heavy atom. The summed E-state index contributed by atoms with van der Waals surface area (Å²) < 4.78 is 24.0. The molecule has 0 bridgehead atoms. The van der Waals surface area contributed by atoms with Gasteiger partial charge in [0.25, 0.3) is 5.56 Å². The zero-order chi connectivity index (χ0) is 26.8. The van der Waals surface area contributed by atoms with Crippen LogP contribution in [0.5, 0.6) is 11.5 Å². The molecule has 2 heterocycles. The lowest BCUT2D eigenvalue weighted by Gasteiger charge is -2.17. The van der Waals surface area contributed by atoms with Gasteiger partial charge in [-0.15, -0.1) is 0 Å². The predicted octanol–water partition coefficient (Wildman–Crippen LogP) is 5.40. The van der Waals surface area contributed by atoms with Gasteiger partial charge < -0.3 is 18.6 Å². The molecule has 0 radical (unpaired) electrons. The molecule has 10 heteroatoms. The van der Waals surface area contributed by atoms with Gasteiger partial charge in [-0.05, 0) is 43.3 Å². The van der Waals surface area contributed by atoms with E-state index in [2.05, 4.69) is 21.0 Å². The summed E-state index contributed by atoms with van der Waals surface area (Å²) in [6, 6.07) is 19.8. The highest BCUT2D eigenvalue weighted by Gasteiger charge is 2.21. The van der Waals surface area contributed by atoms with E-state index in [-0.39, 0.29) is 17.1 Å². The number of carbonyl (C=O) groups is 1. The van der Waals surface area contributed by atoms with Crippen LogP contribution in [0.15, 0.2) is 85.5 Å². The fraction of sp³-hybridized carbons (Fsp3) is 0.143. The number of para-hydroxylation sites is 2. The second-order valence-electron chi connectivity index (χ2n) is 8.27. The van der Waals surface area contributed by atoms with Crippen molar-refractivity contribution in [2.45, 2.75) is 13.0 Å². The molecule has 5 aromatic rings. The van der Waals surface area contributed by atoms with E-state index in [1.54, 1.807) is 37.3 Å². The standard InChI is InChI=1S/C28H22BrN3O6/c1-16(28(34)36-3)37-25-18(12-19(29)14-23(25)35-2)15-30-32-26(24-13-17-8-4-7-11-22(17)38-24)31-21-10-6-5-9-20(21)27(32)33/h4-16H,1-3H3/t16-/m0/s1. The molecule has 0 amide bonds. The van der Waals surface area contributed by atoms with Crippen LogP contribution in [0.2, 0.25) is 0 Å². The first-order chi connectivity index (χ1) is 18.4. The lowest BCUT2D eigenvalue weighted by atomic mass is 10.2. The largest absolute Gasteiger partial charge is 0.493 e. The molecule has 0 saturated carbocycles. The van der Waals surface area contributed by atoms with Gasteiger partial charge >= 0.3 is 5.97 Å². The number of halogens is 1. The highest BCUT2D eigenvalue weighted by atomic mass is 79.9. The molecule has 0 unspecified atom stereocenters. The second kappa shape index (κ2) is 10.5. The monoisotopic (exact) mass is 575 g/mol. The van der Waals surface area contributed by atoms with Gasteiger partial charge in [-0.3, -0.25) is 4.79 Å². The van der Waals surface area contributed by atoms with Crippen molar-refractivity contribution >= 4 is 50.0 Å². The Labute approximate surface area is 225 Å². The topological polar surface area (TPSA) is 105 Å². The van der Waals surface area contributed by atoms with Crippen LogP contribution in [0.25, 0.3) is 33.5 Å². The first-order valence-corrected chi connectivity index (χ1v) is 12.4. The van der Waals surface area contributed by atoms with Gasteiger partial charge in [-0.1, -0.05) is 46.3 Å². The van der Waals surface area contributed by atoms with Crippen molar-refractivity contribution < 1.29 is 23.4 Å². The van der Waals surface area contributed by atoms with E-state index in [4.69, 9.17) is 23.6 Å². The maximum absolute atomic E-state index is 13.6. The highest BCUT2D eigenvalue weighted by Crippen LogP contribution is 2.35. The van der Waals surface area contributed by atoms with Crippen molar-refractivity contribution in [2.24, 2.45) is 5.10 Å². The number of furan rings is 1. The van der Waals surface area contributed by atoms with Crippen molar-refractivity contribution in [3.8, 4) is 23.1 Å².